The number of rotatable bonds is 5. The number of likely N-dealkylation sites (tertiary alicyclic amines) is 1. The minimum absolute atomic E-state index is 0.0841. The van der Waals surface area contributed by atoms with Gasteiger partial charge in [-0.25, -0.2) is 0 Å². The predicted molar refractivity (Wildman–Crippen MR) is 85.9 cm³/mol. The average Bonchev–Trinajstić information content (AvgIpc) is 2.96. The Hall–Kier alpha value is -1.88. The second-order valence-corrected chi connectivity index (χ2v) is 6.23. The van der Waals surface area contributed by atoms with Gasteiger partial charge in [-0.1, -0.05) is 32.0 Å². The Labute approximate surface area is 131 Å². The van der Waals surface area contributed by atoms with Crippen LogP contribution in [0.4, 0.5) is 5.69 Å². The van der Waals surface area contributed by atoms with Crippen molar-refractivity contribution in [1.29, 1.82) is 0 Å². The van der Waals surface area contributed by atoms with E-state index >= 15 is 0 Å². The molecular formula is C17H24N2O3. The van der Waals surface area contributed by atoms with Crippen LogP contribution >= 0.6 is 0 Å². The van der Waals surface area contributed by atoms with Gasteiger partial charge < -0.3 is 10.4 Å². The second kappa shape index (κ2) is 6.92. The lowest BCUT2D eigenvalue weighted by atomic mass is 10.0. The maximum atomic E-state index is 12.5. The fourth-order valence-corrected chi connectivity index (χ4v) is 2.86. The molecule has 0 aromatic heterocycles. The Bertz CT molecular complexity index is 557. The van der Waals surface area contributed by atoms with E-state index in [1.807, 2.05) is 36.1 Å². The molecule has 0 aliphatic carbocycles. The molecule has 2 unspecified atom stereocenters. The van der Waals surface area contributed by atoms with Crippen LogP contribution in [0.1, 0.15) is 38.7 Å². The predicted octanol–water partition coefficient (Wildman–Crippen LogP) is 2.54. The molecule has 0 bridgehead atoms. The van der Waals surface area contributed by atoms with Gasteiger partial charge in [0.25, 0.3) is 0 Å². The first kappa shape index (κ1) is 16.5. The van der Waals surface area contributed by atoms with Crippen molar-refractivity contribution in [2.24, 2.45) is 5.92 Å². The van der Waals surface area contributed by atoms with Crippen molar-refractivity contribution in [2.45, 2.75) is 39.2 Å². The summed E-state index contributed by atoms with van der Waals surface area (Å²) in [5, 5.41) is 12.0. The van der Waals surface area contributed by atoms with Crippen LogP contribution in [-0.4, -0.2) is 41.0 Å². The zero-order chi connectivity index (χ0) is 16.3. The molecule has 1 aliphatic rings. The maximum absolute atomic E-state index is 12.5. The molecule has 0 radical (unpaired) electrons. The van der Waals surface area contributed by atoms with Gasteiger partial charge in [-0.2, -0.15) is 0 Å². The molecule has 2 rings (SSSR count). The first-order valence-corrected chi connectivity index (χ1v) is 7.76. The summed E-state index contributed by atoms with van der Waals surface area (Å²) >= 11 is 0. The van der Waals surface area contributed by atoms with Crippen molar-refractivity contribution < 1.29 is 14.7 Å². The molecule has 1 aromatic rings. The van der Waals surface area contributed by atoms with E-state index in [9.17, 15) is 9.59 Å². The first-order chi connectivity index (χ1) is 10.4. The summed E-state index contributed by atoms with van der Waals surface area (Å²) in [6.07, 6.45) is 0.607. The van der Waals surface area contributed by atoms with Gasteiger partial charge in [0.1, 0.15) is 0 Å². The van der Waals surface area contributed by atoms with Crippen LogP contribution in [0.25, 0.3) is 0 Å². The third-order valence-electron chi connectivity index (χ3n) is 4.34. The Balaban J connectivity index is 2.02. The zero-order valence-corrected chi connectivity index (χ0v) is 13.4. The normalized spacial score (nSPS) is 20.1. The van der Waals surface area contributed by atoms with Crippen molar-refractivity contribution in [2.75, 3.05) is 18.4 Å². The molecular weight excluding hydrogens is 280 g/mol. The standard InChI is InChI=1S/C17H24N2O3/c1-11(2)14-6-4-5-7-15(14)18-16(20)12(3)19-9-8-13(10-19)17(21)22/h4-7,11-13H,8-10H2,1-3H3,(H,18,20)(H,21,22). The number of carbonyl (C=O) groups is 2. The molecule has 1 saturated heterocycles. The van der Waals surface area contributed by atoms with Crippen molar-refractivity contribution in [1.82, 2.24) is 4.90 Å². The van der Waals surface area contributed by atoms with Crippen molar-refractivity contribution in [3.8, 4) is 0 Å². The topological polar surface area (TPSA) is 69.6 Å². The summed E-state index contributed by atoms with van der Waals surface area (Å²) in [7, 11) is 0. The summed E-state index contributed by atoms with van der Waals surface area (Å²) in [5.41, 5.74) is 1.94. The monoisotopic (exact) mass is 304 g/mol. The lowest BCUT2D eigenvalue weighted by molar-refractivity contribution is -0.141. The largest absolute Gasteiger partial charge is 0.481 e. The highest BCUT2D eigenvalue weighted by Crippen LogP contribution is 2.25. The highest BCUT2D eigenvalue weighted by Gasteiger charge is 2.33. The number of carbonyl (C=O) groups excluding carboxylic acids is 1. The minimum atomic E-state index is -0.778. The van der Waals surface area contributed by atoms with E-state index in [-0.39, 0.29) is 17.9 Å². The van der Waals surface area contributed by atoms with Crippen LogP contribution in [0.15, 0.2) is 24.3 Å². The van der Waals surface area contributed by atoms with Crippen LogP contribution in [0, 0.1) is 5.92 Å². The number of hydrogen-bond donors (Lipinski definition) is 2. The molecule has 120 valence electrons. The minimum Gasteiger partial charge on any atom is -0.481 e. The van der Waals surface area contributed by atoms with Gasteiger partial charge in [-0.3, -0.25) is 14.5 Å². The smallest absolute Gasteiger partial charge is 0.307 e. The van der Waals surface area contributed by atoms with Crippen LogP contribution in [0.3, 0.4) is 0 Å². The van der Waals surface area contributed by atoms with E-state index in [4.69, 9.17) is 5.11 Å². The molecule has 1 aliphatic heterocycles. The lowest BCUT2D eigenvalue weighted by Crippen LogP contribution is -2.41. The number of para-hydroxylation sites is 1. The number of aliphatic carboxylic acids is 1. The molecule has 2 N–H and O–H groups in total. The number of carboxylic acid groups (broad SMARTS) is 1. The molecule has 1 fully saturated rings. The first-order valence-electron chi connectivity index (χ1n) is 7.76. The van der Waals surface area contributed by atoms with E-state index in [1.165, 1.54) is 0 Å². The summed E-state index contributed by atoms with van der Waals surface area (Å²) in [5.74, 6) is -0.896. The summed E-state index contributed by atoms with van der Waals surface area (Å²) in [6.45, 7) is 7.10. The van der Waals surface area contributed by atoms with Crippen molar-refractivity contribution in [3.05, 3.63) is 29.8 Å². The lowest BCUT2D eigenvalue weighted by Gasteiger charge is -2.24. The van der Waals surface area contributed by atoms with Crippen molar-refractivity contribution in [3.63, 3.8) is 0 Å². The average molecular weight is 304 g/mol. The van der Waals surface area contributed by atoms with Gasteiger partial charge in [0.05, 0.1) is 12.0 Å². The number of carboxylic acids is 1. The van der Waals surface area contributed by atoms with E-state index in [2.05, 4.69) is 19.2 Å². The molecule has 1 aromatic carbocycles. The molecule has 2 atom stereocenters. The van der Waals surface area contributed by atoms with E-state index < -0.39 is 5.97 Å². The SMILES string of the molecule is CC(C)c1ccccc1NC(=O)C(C)N1CCC(C(=O)O)C1. The Morgan fingerprint density at radius 2 is 1.95 bits per heavy atom. The number of benzene rings is 1. The Morgan fingerprint density at radius 3 is 2.55 bits per heavy atom. The van der Waals surface area contributed by atoms with E-state index in [0.717, 1.165) is 11.3 Å². The maximum Gasteiger partial charge on any atom is 0.307 e. The highest BCUT2D eigenvalue weighted by atomic mass is 16.4. The van der Waals surface area contributed by atoms with Gasteiger partial charge in [0.2, 0.25) is 5.91 Å². The summed E-state index contributed by atoms with van der Waals surface area (Å²) in [4.78, 5) is 25.4. The van der Waals surface area contributed by atoms with Gasteiger partial charge in [0, 0.05) is 12.2 Å². The van der Waals surface area contributed by atoms with Crippen LogP contribution in [-0.2, 0) is 9.59 Å². The summed E-state index contributed by atoms with van der Waals surface area (Å²) in [6, 6.07) is 7.46. The molecule has 1 heterocycles. The van der Waals surface area contributed by atoms with E-state index in [0.29, 0.717) is 25.4 Å². The van der Waals surface area contributed by atoms with Gasteiger partial charge in [-0.15, -0.1) is 0 Å². The van der Waals surface area contributed by atoms with Gasteiger partial charge in [-0.05, 0) is 37.4 Å². The quantitative estimate of drug-likeness (QED) is 0.877. The third-order valence-corrected chi connectivity index (χ3v) is 4.34. The van der Waals surface area contributed by atoms with Gasteiger partial charge >= 0.3 is 5.97 Å². The zero-order valence-electron chi connectivity index (χ0n) is 13.4. The fraction of sp³-hybridized carbons (Fsp3) is 0.529. The number of amides is 1. The summed E-state index contributed by atoms with van der Waals surface area (Å²) < 4.78 is 0. The molecule has 5 heteroatoms. The highest BCUT2D eigenvalue weighted by molar-refractivity contribution is 5.95. The van der Waals surface area contributed by atoms with Gasteiger partial charge in [0.15, 0.2) is 0 Å². The van der Waals surface area contributed by atoms with Crippen molar-refractivity contribution >= 4 is 17.6 Å². The molecule has 0 spiro atoms. The molecule has 5 nitrogen and oxygen atoms in total. The van der Waals surface area contributed by atoms with E-state index in [1.54, 1.807) is 0 Å². The third kappa shape index (κ3) is 3.65. The van der Waals surface area contributed by atoms with Crippen LogP contribution in [0.2, 0.25) is 0 Å². The number of nitrogens with zero attached hydrogens (tertiary/aromatic N) is 1. The molecule has 0 saturated carbocycles. The Kier molecular flexibility index (Phi) is 5.19. The molecule has 22 heavy (non-hydrogen) atoms. The fourth-order valence-electron chi connectivity index (χ4n) is 2.86. The second-order valence-electron chi connectivity index (χ2n) is 6.23. The molecule has 1 amide bonds. The van der Waals surface area contributed by atoms with Crippen LogP contribution in [0.5, 0.6) is 0 Å². The van der Waals surface area contributed by atoms with Crippen LogP contribution < -0.4 is 5.32 Å². The number of hydrogen-bond acceptors (Lipinski definition) is 3. The number of anilines is 1. The number of nitrogens with one attached hydrogen (secondary N) is 1. The Morgan fingerprint density at radius 1 is 1.27 bits per heavy atom.